The highest BCUT2D eigenvalue weighted by molar-refractivity contribution is 5.76. The molecule has 19 heavy (non-hydrogen) atoms. The van der Waals surface area contributed by atoms with Crippen LogP contribution in [0.15, 0.2) is 18.2 Å². The molecule has 0 saturated carbocycles. The molecule has 1 aromatic rings. The molecule has 0 aliphatic carbocycles. The minimum absolute atomic E-state index is 0.0443. The van der Waals surface area contributed by atoms with Crippen LogP contribution in [0.25, 0.3) is 0 Å². The van der Waals surface area contributed by atoms with Gasteiger partial charge < -0.3 is 19.3 Å². The molecule has 1 saturated heterocycles. The second kappa shape index (κ2) is 5.48. The van der Waals surface area contributed by atoms with Crippen molar-refractivity contribution in [2.75, 3.05) is 20.8 Å². The van der Waals surface area contributed by atoms with Crippen molar-refractivity contribution < 1.29 is 24.1 Å². The smallest absolute Gasteiger partial charge is 0.312 e. The van der Waals surface area contributed by atoms with Crippen LogP contribution < -0.4 is 9.47 Å². The summed E-state index contributed by atoms with van der Waals surface area (Å²) < 4.78 is 15.5. The van der Waals surface area contributed by atoms with Crippen LogP contribution in [0.5, 0.6) is 11.5 Å². The Morgan fingerprint density at radius 3 is 2.32 bits per heavy atom. The largest absolute Gasteiger partial charge is 0.496 e. The van der Waals surface area contributed by atoms with E-state index in [4.69, 9.17) is 14.2 Å². The zero-order valence-electron chi connectivity index (χ0n) is 11.3. The Hall–Kier alpha value is -1.75. The Bertz CT molecular complexity index is 449. The fraction of sp³-hybridized carbons (Fsp3) is 0.500. The van der Waals surface area contributed by atoms with Crippen molar-refractivity contribution >= 4 is 5.97 Å². The molecule has 1 fully saturated rings. The number of benzene rings is 1. The van der Waals surface area contributed by atoms with E-state index >= 15 is 0 Å². The molecular formula is C14H18O5. The summed E-state index contributed by atoms with van der Waals surface area (Å²) in [5.41, 5.74) is 0.489. The Morgan fingerprint density at radius 1 is 1.32 bits per heavy atom. The first-order valence-corrected chi connectivity index (χ1v) is 6.15. The Morgan fingerprint density at radius 2 is 1.89 bits per heavy atom. The molecular weight excluding hydrogens is 248 g/mol. The lowest BCUT2D eigenvalue weighted by Crippen LogP contribution is -2.23. The van der Waals surface area contributed by atoms with Gasteiger partial charge in [0.2, 0.25) is 0 Å². The number of esters is 1. The van der Waals surface area contributed by atoms with Crippen molar-refractivity contribution in [2.24, 2.45) is 11.8 Å². The standard InChI is InChI=1S/C14H18O5/c1-8-7-19-14(16)11(8)13(15)12-9(17-2)5-4-6-10(12)18-3/h4-6,8,11,13,15H,7H2,1-3H3/t8-,11-,13?/m0/s1. The summed E-state index contributed by atoms with van der Waals surface area (Å²) in [5.74, 6) is -0.0206. The monoisotopic (exact) mass is 266 g/mol. The minimum Gasteiger partial charge on any atom is -0.496 e. The van der Waals surface area contributed by atoms with Crippen molar-refractivity contribution in [3.63, 3.8) is 0 Å². The summed E-state index contributed by atoms with van der Waals surface area (Å²) >= 11 is 0. The lowest BCUT2D eigenvalue weighted by Gasteiger charge is -2.22. The lowest BCUT2D eigenvalue weighted by molar-refractivity contribution is -0.144. The number of carbonyl (C=O) groups is 1. The summed E-state index contributed by atoms with van der Waals surface area (Å²) in [5, 5.41) is 10.5. The van der Waals surface area contributed by atoms with Crippen molar-refractivity contribution in [1.82, 2.24) is 0 Å². The van der Waals surface area contributed by atoms with Crippen LogP contribution in [0.3, 0.4) is 0 Å². The fourth-order valence-corrected chi connectivity index (χ4v) is 2.44. The van der Waals surface area contributed by atoms with Crippen molar-refractivity contribution in [3.8, 4) is 11.5 Å². The third-order valence-corrected chi connectivity index (χ3v) is 3.48. The van der Waals surface area contributed by atoms with Gasteiger partial charge in [0, 0.05) is 5.92 Å². The minimum atomic E-state index is -1.00. The van der Waals surface area contributed by atoms with E-state index in [1.54, 1.807) is 18.2 Å². The van der Waals surface area contributed by atoms with Gasteiger partial charge in [-0.25, -0.2) is 0 Å². The Labute approximate surface area is 112 Å². The number of rotatable bonds is 4. The molecule has 1 heterocycles. The zero-order valence-corrected chi connectivity index (χ0v) is 11.3. The summed E-state index contributed by atoms with van der Waals surface area (Å²) in [6.45, 7) is 2.21. The number of ether oxygens (including phenoxy) is 3. The van der Waals surface area contributed by atoms with Crippen molar-refractivity contribution in [2.45, 2.75) is 13.0 Å². The van der Waals surface area contributed by atoms with E-state index in [9.17, 15) is 9.90 Å². The average molecular weight is 266 g/mol. The number of aliphatic hydroxyl groups excluding tert-OH is 1. The van der Waals surface area contributed by atoms with Crippen LogP contribution in [0.1, 0.15) is 18.6 Å². The van der Waals surface area contributed by atoms with Crippen LogP contribution in [0, 0.1) is 11.8 Å². The van der Waals surface area contributed by atoms with Crippen molar-refractivity contribution in [1.29, 1.82) is 0 Å². The molecule has 0 bridgehead atoms. The maximum atomic E-state index is 11.7. The van der Waals surface area contributed by atoms with Crippen LogP contribution in [0.4, 0.5) is 0 Å². The first-order chi connectivity index (χ1) is 9.10. The number of methoxy groups -OCH3 is 2. The maximum absolute atomic E-state index is 11.7. The molecule has 104 valence electrons. The molecule has 5 nitrogen and oxygen atoms in total. The van der Waals surface area contributed by atoms with Gasteiger partial charge in [0.1, 0.15) is 11.5 Å². The predicted octanol–water partition coefficient (Wildman–Crippen LogP) is 1.55. The maximum Gasteiger partial charge on any atom is 0.312 e. The molecule has 0 amide bonds. The van der Waals surface area contributed by atoms with E-state index in [1.165, 1.54) is 14.2 Å². The van der Waals surface area contributed by atoms with Gasteiger partial charge >= 0.3 is 5.97 Å². The third-order valence-electron chi connectivity index (χ3n) is 3.48. The second-order valence-corrected chi connectivity index (χ2v) is 4.65. The zero-order chi connectivity index (χ0) is 14.0. The molecule has 0 radical (unpaired) electrons. The van der Waals surface area contributed by atoms with E-state index in [0.29, 0.717) is 23.7 Å². The van der Waals surface area contributed by atoms with Gasteiger partial charge in [0.05, 0.1) is 38.4 Å². The van der Waals surface area contributed by atoms with E-state index < -0.39 is 12.0 Å². The van der Waals surface area contributed by atoms with E-state index in [2.05, 4.69) is 0 Å². The molecule has 1 aliphatic heterocycles. The van der Waals surface area contributed by atoms with Crippen LogP contribution >= 0.6 is 0 Å². The summed E-state index contributed by atoms with van der Waals surface area (Å²) in [7, 11) is 3.03. The second-order valence-electron chi connectivity index (χ2n) is 4.65. The van der Waals surface area contributed by atoms with E-state index in [1.807, 2.05) is 6.92 Å². The molecule has 2 rings (SSSR count). The molecule has 1 aromatic carbocycles. The number of cyclic esters (lactones) is 1. The van der Waals surface area contributed by atoms with Gasteiger partial charge in [0.25, 0.3) is 0 Å². The number of aliphatic hydroxyl groups is 1. The molecule has 1 N–H and O–H groups in total. The molecule has 0 aromatic heterocycles. The normalized spacial score (nSPS) is 23.9. The summed E-state index contributed by atoms with van der Waals surface area (Å²) in [4.78, 5) is 11.7. The topological polar surface area (TPSA) is 65.0 Å². The lowest BCUT2D eigenvalue weighted by atomic mass is 9.87. The van der Waals surface area contributed by atoms with Gasteiger partial charge in [-0.15, -0.1) is 0 Å². The molecule has 5 heteroatoms. The Kier molecular flexibility index (Phi) is 3.95. The summed E-state index contributed by atoms with van der Waals surface area (Å²) in [6, 6.07) is 5.22. The highest BCUT2D eigenvalue weighted by Gasteiger charge is 2.41. The first kappa shape index (κ1) is 13.7. The van der Waals surface area contributed by atoms with E-state index in [-0.39, 0.29) is 11.9 Å². The van der Waals surface area contributed by atoms with Gasteiger partial charge in [-0.3, -0.25) is 4.79 Å². The Balaban J connectivity index is 2.42. The highest BCUT2D eigenvalue weighted by Crippen LogP contribution is 2.41. The fourth-order valence-electron chi connectivity index (χ4n) is 2.44. The molecule has 1 unspecified atom stereocenters. The van der Waals surface area contributed by atoms with Crippen LogP contribution in [0.2, 0.25) is 0 Å². The third kappa shape index (κ3) is 2.38. The first-order valence-electron chi connectivity index (χ1n) is 6.15. The van der Waals surface area contributed by atoms with Gasteiger partial charge in [-0.1, -0.05) is 13.0 Å². The molecule has 3 atom stereocenters. The number of hydrogen-bond donors (Lipinski definition) is 1. The quantitative estimate of drug-likeness (QED) is 0.838. The van der Waals surface area contributed by atoms with Crippen LogP contribution in [-0.2, 0) is 9.53 Å². The SMILES string of the molecule is COc1cccc(OC)c1C(O)[C@H]1C(=O)OC[C@@H]1C. The average Bonchev–Trinajstić information content (AvgIpc) is 2.76. The number of hydrogen-bond acceptors (Lipinski definition) is 5. The van der Waals surface area contributed by atoms with Gasteiger partial charge in [0.15, 0.2) is 0 Å². The van der Waals surface area contributed by atoms with E-state index in [0.717, 1.165) is 0 Å². The summed E-state index contributed by atoms with van der Waals surface area (Å²) in [6.07, 6.45) is -1.00. The van der Waals surface area contributed by atoms with Gasteiger partial charge in [-0.2, -0.15) is 0 Å². The van der Waals surface area contributed by atoms with Crippen LogP contribution in [-0.4, -0.2) is 31.9 Å². The molecule has 0 spiro atoms. The predicted molar refractivity (Wildman–Crippen MR) is 68.1 cm³/mol. The highest BCUT2D eigenvalue weighted by atomic mass is 16.5. The molecule has 1 aliphatic rings. The van der Waals surface area contributed by atoms with Crippen molar-refractivity contribution in [3.05, 3.63) is 23.8 Å². The van der Waals surface area contributed by atoms with Gasteiger partial charge in [-0.05, 0) is 12.1 Å². The number of carbonyl (C=O) groups excluding carboxylic acids is 1.